The first-order chi connectivity index (χ1) is 5.61. The van der Waals surface area contributed by atoms with Crippen LogP contribution < -0.4 is 5.73 Å². The van der Waals surface area contributed by atoms with Gasteiger partial charge in [0.05, 0.1) is 17.1 Å². The Bertz CT molecular complexity index is 425. The molecular formula is C7H8N2O2S. The number of rotatable bonds is 0. The van der Waals surface area contributed by atoms with Crippen LogP contribution in [0.1, 0.15) is 5.69 Å². The summed E-state index contributed by atoms with van der Waals surface area (Å²) in [4.78, 5) is 4.20. The molecule has 0 amide bonds. The van der Waals surface area contributed by atoms with Crippen LogP contribution in [0.3, 0.4) is 0 Å². The fourth-order valence-corrected chi connectivity index (χ4v) is 2.99. The maximum atomic E-state index is 11.4. The quantitative estimate of drug-likeness (QED) is 0.615. The standard InChI is InChI=1S/C7H8N2O2S/c8-5-1-3-9-6-2-4-12(10,11)7(5)6/h1,3H,2,4H2,(H2,8,9). The van der Waals surface area contributed by atoms with E-state index in [4.69, 9.17) is 5.73 Å². The molecule has 1 aliphatic rings. The van der Waals surface area contributed by atoms with E-state index in [1.165, 1.54) is 12.3 Å². The van der Waals surface area contributed by atoms with Crippen LogP contribution in [0.2, 0.25) is 0 Å². The lowest BCUT2D eigenvalue weighted by Crippen LogP contribution is -2.02. The predicted octanol–water partition coefficient (Wildman–Crippen LogP) is -0.00640. The van der Waals surface area contributed by atoms with E-state index in [-0.39, 0.29) is 10.6 Å². The van der Waals surface area contributed by atoms with Gasteiger partial charge < -0.3 is 5.73 Å². The van der Waals surface area contributed by atoms with E-state index in [0.717, 1.165) is 0 Å². The lowest BCUT2D eigenvalue weighted by atomic mass is 10.3. The molecule has 1 aromatic heterocycles. The van der Waals surface area contributed by atoms with Crippen LogP contribution in [-0.2, 0) is 16.3 Å². The van der Waals surface area contributed by atoms with Crippen molar-refractivity contribution >= 4 is 15.5 Å². The van der Waals surface area contributed by atoms with Crippen molar-refractivity contribution in [1.29, 1.82) is 0 Å². The van der Waals surface area contributed by atoms with E-state index in [1.54, 1.807) is 0 Å². The van der Waals surface area contributed by atoms with E-state index in [2.05, 4.69) is 4.98 Å². The zero-order valence-electron chi connectivity index (χ0n) is 6.32. The van der Waals surface area contributed by atoms with E-state index in [1.807, 2.05) is 0 Å². The van der Waals surface area contributed by atoms with E-state index in [0.29, 0.717) is 17.8 Å². The minimum atomic E-state index is -3.12. The SMILES string of the molecule is Nc1ccnc2c1S(=O)(=O)CC2. The topological polar surface area (TPSA) is 73.0 Å². The minimum Gasteiger partial charge on any atom is -0.398 e. The Morgan fingerprint density at radius 3 is 2.92 bits per heavy atom. The lowest BCUT2D eigenvalue weighted by molar-refractivity contribution is 0.600. The molecule has 0 spiro atoms. The Morgan fingerprint density at radius 2 is 2.25 bits per heavy atom. The first-order valence-electron chi connectivity index (χ1n) is 3.57. The van der Waals surface area contributed by atoms with Crippen LogP contribution in [0.4, 0.5) is 5.69 Å². The summed E-state index contributed by atoms with van der Waals surface area (Å²) in [6.07, 6.45) is 2.03. The molecule has 2 heterocycles. The van der Waals surface area contributed by atoms with Crippen LogP contribution in [0.5, 0.6) is 0 Å². The average Bonchev–Trinajstić information content (AvgIpc) is 2.29. The summed E-state index contributed by atoms with van der Waals surface area (Å²) in [5.41, 5.74) is 6.45. The Hall–Kier alpha value is -1.10. The Morgan fingerprint density at radius 1 is 1.50 bits per heavy atom. The highest BCUT2D eigenvalue weighted by Gasteiger charge is 2.29. The van der Waals surface area contributed by atoms with E-state index >= 15 is 0 Å². The van der Waals surface area contributed by atoms with Gasteiger partial charge in [0.15, 0.2) is 9.84 Å². The number of nitrogens with two attached hydrogens (primary N) is 1. The molecule has 0 unspecified atom stereocenters. The van der Waals surface area contributed by atoms with Gasteiger partial charge in [-0.05, 0) is 6.07 Å². The van der Waals surface area contributed by atoms with Gasteiger partial charge in [-0.3, -0.25) is 4.98 Å². The molecule has 0 bridgehead atoms. The van der Waals surface area contributed by atoms with Gasteiger partial charge in [0.2, 0.25) is 0 Å². The summed E-state index contributed by atoms with van der Waals surface area (Å²) in [6, 6.07) is 1.52. The molecule has 0 aromatic carbocycles. The largest absolute Gasteiger partial charge is 0.398 e. The smallest absolute Gasteiger partial charge is 0.182 e. The maximum absolute atomic E-state index is 11.4. The summed E-state index contributed by atoms with van der Waals surface area (Å²) in [6.45, 7) is 0. The molecule has 1 aromatic rings. The molecule has 12 heavy (non-hydrogen) atoms. The van der Waals surface area contributed by atoms with Crippen molar-refractivity contribution in [2.75, 3.05) is 11.5 Å². The Labute approximate surface area is 70.3 Å². The van der Waals surface area contributed by atoms with Gasteiger partial charge in [-0.15, -0.1) is 0 Å². The second-order valence-electron chi connectivity index (χ2n) is 2.74. The van der Waals surface area contributed by atoms with Gasteiger partial charge >= 0.3 is 0 Å². The molecule has 2 rings (SSSR count). The number of nitrogen functional groups attached to an aromatic ring is 1. The first kappa shape index (κ1) is 7.54. The second-order valence-corrected chi connectivity index (χ2v) is 4.79. The monoisotopic (exact) mass is 184 g/mol. The zero-order chi connectivity index (χ0) is 8.77. The highest BCUT2D eigenvalue weighted by molar-refractivity contribution is 7.91. The number of hydrogen-bond donors (Lipinski definition) is 1. The third-order valence-electron chi connectivity index (χ3n) is 1.93. The maximum Gasteiger partial charge on any atom is 0.182 e. The molecular weight excluding hydrogens is 176 g/mol. The number of aromatic nitrogens is 1. The average molecular weight is 184 g/mol. The molecule has 0 radical (unpaired) electrons. The molecule has 0 aliphatic carbocycles. The highest BCUT2D eigenvalue weighted by atomic mass is 32.2. The van der Waals surface area contributed by atoms with Crippen LogP contribution >= 0.6 is 0 Å². The highest BCUT2D eigenvalue weighted by Crippen LogP contribution is 2.28. The van der Waals surface area contributed by atoms with E-state index in [9.17, 15) is 8.42 Å². The van der Waals surface area contributed by atoms with Gasteiger partial charge in [-0.25, -0.2) is 8.42 Å². The van der Waals surface area contributed by atoms with Gasteiger partial charge in [0.1, 0.15) is 4.90 Å². The summed E-state index contributed by atoms with van der Waals surface area (Å²) in [5.74, 6) is 0.142. The zero-order valence-corrected chi connectivity index (χ0v) is 7.13. The Balaban J connectivity index is 2.81. The number of nitrogens with zero attached hydrogens (tertiary/aromatic N) is 1. The predicted molar refractivity (Wildman–Crippen MR) is 44.4 cm³/mol. The fraction of sp³-hybridized carbons (Fsp3) is 0.286. The molecule has 1 aliphatic heterocycles. The second kappa shape index (κ2) is 2.20. The number of aryl methyl sites for hydroxylation is 1. The van der Waals surface area contributed by atoms with Gasteiger partial charge in [-0.1, -0.05) is 0 Å². The number of sulfone groups is 1. The van der Waals surface area contributed by atoms with Crippen molar-refractivity contribution in [2.45, 2.75) is 11.3 Å². The molecule has 64 valence electrons. The fourth-order valence-electron chi connectivity index (χ4n) is 1.38. The molecule has 0 saturated heterocycles. The molecule has 5 heteroatoms. The molecule has 0 fully saturated rings. The first-order valence-corrected chi connectivity index (χ1v) is 5.22. The van der Waals surface area contributed by atoms with Crippen LogP contribution in [0.15, 0.2) is 17.2 Å². The minimum absolute atomic E-state index is 0.142. The van der Waals surface area contributed by atoms with Crippen molar-refractivity contribution < 1.29 is 8.42 Å². The molecule has 2 N–H and O–H groups in total. The molecule has 0 saturated carbocycles. The van der Waals surface area contributed by atoms with Crippen molar-refractivity contribution in [1.82, 2.24) is 4.98 Å². The number of anilines is 1. The lowest BCUT2D eigenvalue weighted by Gasteiger charge is -1.99. The summed E-state index contributed by atoms with van der Waals surface area (Å²) < 4.78 is 22.7. The summed E-state index contributed by atoms with van der Waals surface area (Å²) >= 11 is 0. The van der Waals surface area contributed by atoms with Crippen LogP contribution in [0, 0.1) is 0 Å². The normalized spacial score (nSPS) is 19.0. The summed E-state index contributed by atoms with van der Waals surface area (Å²) in [5, 5.41) is 0. The van der Waals surface area contributed by atoms with Crippen LogP contribution in [0.25, 0.3) is 0 Å². The van der Waals surface area contributed by atoms with Gasteiger partial charge in [0, 0.05) is 12.6 Å². The molecule has 0 atom stereocenters. The van der Waals surface area contributed by atoms with Crippen molar-refractivity contribution in [3.8, 4) is 0 Å². The number of fused-ring (bicyclic) bond motifs is 1. The van der Waals surface area contributed by atoms with Crippen molar-refractivity contribution in [3.63, 3.8) is 0 Å². The number of pyridine rings is 1. The van der Waals surface area contributed by atoms with Gasteiger partial charge in [-0.2, -0.15) is 0 Å². The Kier molecular flexibility index (Phi) is 1.38. The third-order valence-corrected chi connectivity index (χ3v) is 3.76. The van der Waals surface area contributed by atoms with Gasteiger partial charge in [0.25, 0.3) is 0 Å². The summed E-state index contributed by atoms with van der Waals surface area (Å²) in [7, 11) is -3.12. The third kappa shape index (κ3) is 0.896. The molecule has 4 nitrogen and oxygen atoms in total. The van der Waals surface area contributed by atoms with Crippen LogP contribution in [-0.4, -0.2) is 19.2 Å². The number of hydrogen-bond acceptors (Lipinski definition) is 4. The van der Waals surface area contributed by atoms with Crippen molar-refractivity contribution in [3.05, 3.63) is 18.0 Å². The van der Waals surface area contributed by atoms with Crippen molar-refractivity contribution in [2.24, 2.45) is 0 Å². The van der Waals surface area contributed by atoms with E-state index < -0.39 is 9.84 Å².